The molecule has 33 heavy (non-hydrogen) atoms. The first-order chi connectivity index (χ1) is 15.8. The number of rotatable bonds is 6. The van der Waals surface area contributed by atoms with E-state index in [1.165, 1.54) is 0 Å². The maximum absolute atomic E-state index is 12.8. The Balaban J connectivity index is 1.40. The van der Waals surface area contributed by atoms with Gasteiger partial charge in [-0.15, -0.1) is 0 Å². The van der Waals surface area contributed by atoms with Crippen molar-refractivity contribution in [3.8, 4) is 11.5 Å². The second-order valence-electron chi connectivity index (χ2n) is 9.06. The van der Waals surface area contributed by atoms with E-state index in [2.05, 4.69) is 31.3 Å². The highest BCUT2D eigenvalue weighted by Crippen LogP contribution is 2.32. The van der Waals surface area contributed by atoms with Crippen molar-refractivity contribution in [1.82, 2.24) is 0 Å². The fraction of sp³-hybridized carbons (Fsp3) is 0.286. The number of carbonyl (C=O) groups is 2. The number of aryl methyl sites for hydroxylation is 2. The molecule has 5 nitrogen and oxygen atoms in total. The molecule has 1 aliphatic rings. The molecule has 3 aromatic carbocycles. The first kappa shape index (κ1) is 22.6. The summed E-state index contributed by atoms with van der Waals surface area (Å²) < 4.78 is 6.13. The molecule has 1 N–H and O–H groups in total. The standard InChI is InChI=1S/C28H30N2O3/c1-18(2)25-13-8-20(4)15-26(25)33-24-11-9-22(10-12-24)29-28(32)21-16-27(31)30(17-21)23-7-5-6-19(3)14-23/h5-15,18,21H,16-17H2,1-4H3,(H,29,32)/t21-/m1/s1. The van der Waals surface area contributed by atoms with Crippen LogP contribution < -0.4 is 15.0 Å². The van der Waals surface area contributed by atoms with Crippen molar-refractivity contribution >= 4 is 23.2 Å². The molecule has 0 spiro atoms. The molecule has 0 aromatic heterocycles. The number of hydrogen-bond donors (Lipinski definition) is 1. The van der Waals surface area contributed by atoms with Gasteiger partial charge in [-0.2, -0.15) is 0 Å². The minimum atomic E-state index is -0.380. The Bertz CT molecular complexity index is 1170. The molecule has 1 atom stereocenters. The maximum Gasteiger partial charge on any atom is 0.229 e. The Labute approximate surface area is 195 Å². The van der Waals surface area contributed by atoms with Crippen LogP contribution >= 0.6 is 0 Å². The first-order valence-electron chi connectivity index (χ1n) is 11.4. The molecule has 1 aliphatic heterocycles. The van der Waals surface area contributed by atoms with Gasteiger partial charge in [-0.1, -0.05) is 38.1 Å². The Morgan fingerprint density at radius 3 is 2.42 bits per heavy atom. The second-order valence-corrected chi connectivity index (χ2v) is 9.06. The number of nitrogens with one attached hydrogen (secondary N) is 1. The topological polar surface area (TPSA) is 58.6 Å². The molecule has 0 bridgehead atoms. The van der Waals surface area contributed by atoms with E-state index in [1.54, 1.807) is 4.90 Å². The van der Waals surface area contributed by atoms with Gasteiger partial charge in [0.15, 0.2) is 0 Å². The molecule has 0 radical (unpaired) electrons. The molecule has 1 heterocycles. The number of nitrogens with zero attached hydrogens (tertiary/aromatic N) is 1. The molecule has 0 saturated carbocycles. The average molecular weight is 443 g/mol. The second kappa shape index (κ2) is 9.49. The van der Waals surface area contributed by atoms with Crippen LogP contribution in [0.1, 0.15) is 42.9 Å². The largest absolute Gasteiger partial charge is 0.457 e. The van der Waals surface area contributed by atoms with E-state index in [1.807, 2.05) is 68.4 Å². The predicted molar refractivity (Wildman–Crippen MR) is 132 cm³/mol. The van der Waals surface area contributed by atoms with Crippen LogP contribution in [0.2, 0.25) is 0 Å². The molecule has 0 unspecified atom stereocenters. The number of anilines is 2. The van der Waals surface area contributed by atoms with Gasteiger partial charge in [0, 0.05) is 24.3 Å². The summed E-state index contributed by atoms with van der Waals surface area (Å²) >= 11 is 0. The average Bonchev–Trinajstić information content (AvgIpc) is 3.17. The minimum absolute atomic E-state index is 0.0244. The maximum atomic E-state index is 12.8. The zero-order chi connectivity index (χ0) is 23.5. The number of carbonyl (C=O) groups excluding carboxylic acids is 2. The van der Waals surface area contributed by atoms with E-state index in [9.17, 15) is 9.59 Å². The first-order valence-corrected chi connectivity index (χ1v) is 11.4. The quantitative estimate of drug-likeness (QED) is 0.494. The molecular weight excluding hydrogens is 412 g/mol. The van der Waals surface area contributed by atoms with Gasteiger partial charge in [0.2, 0.25) is 11.8 Å². The van der Waals surface area contributed by atoms with Crippen LogP contribution in [0.25, 0.3) is 0 Å². The van der Waals surface area contributed by atoms with Crippen LogP contribution in [-0.2, 0) is 9.59 Å². The molecule has 170 valence electrons. The summed E-state index contributed by atoms with van der Waals surface area (Å²) in [5.41, 5.74) is 4.91. The molecule has 0 aliphatic carbocycles. The highest BCUT2D eigenvalue weighted by atomic mass is 16.5. The van der Waals surface area contributed by atoms with Crippen LogP contribution in [0.15, 0.2) is 66.7 Å². The summed E-state index contributed by atoms with van der Waals surface area (Å²) in [4.78, 5) is 27.0. The van der Waals surface area contributed by atoms with Gasteiger partial charge in [-0.05, 0) is 78.9 Å². The molecule has 4 rings (SSSR count). The number of hydrogen-bond acceptors (Lipinski definition) is 3. The smallest absolute Gasteiger partial charge is 0.229 e. The van der Waals surface area contributed by atoms with Crippen molar-refractivity contribution in [3.63, 3.8) is 0 Å². The Morgan fingerprint density at radius 1 is 1.00 bits per heavy atom. The third kappa shape index (κ3) is 5.25. The number of benzene rings is 3. The zero-order valence-corrected chi connectivity index (χ0v) is 19.6. The minimum Gasteiger partial charge on any atom is -0.457 e. The van der Waals surface area contributed by atoms with Crippen molar-refractivity contribution < 1.29 is 14.3 Å². The summed E-state index contributed by atoms with van der Waals surface area (Å²) in [6.45, 7) is 8.71. The molecule has 5 heteroatoms. The van der Waals surface area contributed by atoms with Crippen molar-refractivity contribution in [2.75, 3.05) is 16.8 Å². The van der Waals surface area contributed by atoms with E-state index in [4.69, 9.17) is 4.74 Å². The summed E-state index contributed by atoms with van der Waals surface area (Å²) in [7, 11) is 0. The van der Waals surface area contributed by atoms with Gasteiger partial charge in [0.05, 0.1) is 5.92 Å². The summed E-state index contributed by atoms with van der Waals surface area (Å²) in [6.07, 6.45) is 0.215. The van der Waals surface area contributed by atoms with E-state index in [-0.39, 0.29) is 24.2 Å². The van der Waals surface area contributed by atoms with E-state index < -0.39 is 0 Å². The van der Waals surface area contributed by atoms with E-state index in [0.29, 0.717) is 23.9 Å². The monoisotopic (exact) mass is 442 g/mol. The number of amides is 2. The molecular formula is C28H30N2O3. The zero-order valence-electron chi connectivity index (χ0n) is 19.6. The molecule has 1 saturated heterocycles. The highest BCUT2D eigenvalue weighted by Gasteiger charge is 2.35. The molecule has 3 aromatic rings. The fourth-order valence-corrected chi connectivity index (χ4v) is 4.11. The van der Waals surface area contributed by atoms with Gasteiger partial charge < -0.3 is 15.0 Å². The third-order valence-electron chi connectivity index (χ3n) is 5.95. The lowest BCUT2D eigenvalue weighted by Crippen LogP contribution is -2.28. The van der Waals surface area contributed by atoms with Crippen molar-refractivity contribution in [2.45, 2.75) is 40.0 Å². The van der Waals surface area contributed by atoms with E-state index >= 15 is 0 Å². The van der Waals surface area contributed by atoms with Gasteiger partial charge in [0.25, 0.3) is 0 Å². The van der Waals surface area contributed by atoms with Crippen LogP contribution in [0, 0.1) is 19.8 Å². The molecule has 2 amide bonds. The van der Waals surface area contributed by atoms with Crippen molar-refractivity contribution in [2.24, 2.45) is 5.92 Å². The van der Waals surface area contributed by atoms with Gasteiger partial charge in [-0.25, -0.2) is 0 Å². The summed E-state index contributed by atoms with van der Waals surface area (Å²) in [5, 5.41) is 2.94. The van der Waals surface area contributed by atoms with Crippen LogP contribution in [0.4, 0.5) is 11.4 Å². The Hall–Kier alpha value is -3.60. The van der Waals surface area contributed by atoms with E-state index in [0.717, 1.165) is 28.1 Å². The van der Waals surface area contributed by atoms with Crippen LogP contribution in [0.5, 0.6) is 11.5 Å². The van der Waals surface area contributed by atoms with Crippen molar-refractivity contribution in [3.05, 3.63) is 83.4 Å². The van der Waals surface area contributed by atoms with Gasteiger partial charge in [-0.3, -0.25) is 9.59 Å². The van der Waals surface area contributed by atoms with Crippen LogP contribution in [0.3, 0.4) is 0 Å². The third-order valence-corrected chi connectivity index (χ3v) is 5.95. The lowest BCUT2D eigenvalue weighted by molar-refractivity contribution is -0.122. The predicted octanol–water partition coefficient (Wildman–Crippen LogP) is 6.21. The summed E-state index contributed by atoms with van der Waals surface area (Å²) in [6, 6.07) is 21.4. The lowest BCUT2D eigenvalue weighted by Gasteiger charge is -2.17. The number of ether oxygens (including phenoxy) is 1. The van der Waals surface area contributed by atoms with Crippen LogP contribution in [-0.4, -0.2) is 18.4 Å². The normalized spacial score (nSPS) is 15.7. The van der Waals surface area contributed by atoms with Gasteiger partial charge in [0.1, 0.15) is 11.5 Å². The lowest BCUT2D eigenvalue weighted by atomic mass is 10.0. The fourth-order valence-electron chi connectivity index (χ4n) is 4.11. The Morgan fingerprint density at radius 2 is 1.73 bits per heavy atom. The Kier molecular flexibility index (Phi) is 6.50. The summed E-state index contributed by atoms with van der Waals surface area (Å²) in [5.74, 6) is 1.36. The highest BCUT2D eigenvalue weighted by molar-refractivity contribution is 6.03. The van der Waals surface area contributed by atoms with Gasteiger partial charge >= 0.3 is 0 Å². The SMILES string of the molecule is Cc1cccc(N2C[C@H](C(=O)Nc3ccc(Oc4cc(C)ccc4C(C)C)cc3)CC2=O)c1. The van der Waals surface area contributed by atoms with Crippen molar-refractivity contribution in [1.29, 1.82) is 0 Å². The molecule has 1 fully saturated rings.